The van der Waals surface area contributed by atoms with Crippen molar-refractivity contribution in [3.05, 3.63) is 29.3 Å². The molecule has 0 aliphatic rings. The second-order valence-electron chi connectivity index (χ2n) is 13.3. The highest BCUT2D eigenvalue weighted by Crippen LogP contribution is 2.34. The molecule has 0 aromatic heterocycles. The first-order chi connectivity index (χ1) is 15.4. The molecule has 1 heteroatoms. The summed E-state index contributed by atoms with van der Waals surface area (Å²) in [7, 11) is 4.80. The highest BCUT2D eigenvalue weighted by atomic mass is 15.3. The molecule has 1 rings (SSSR count). The molecule has 1 nitrogen and oxygen atoms in total. The lowest BCUT2D eigenvalue weighted by Gasteiger charge is -2.33. The maximum atomic E-state index is 2.47. The molecule has 0 aliphatic carbocycles. The van der Waals surface area contributed by atoms with Gasteiger partial charge in [-0.1, -0.05) is 132 Å². The fourth-order valence-corrected chi connectivity index (χ4v) is 4.66. The highest BCUT2D eigenvalue weighted by Gasteiger charge is 2.26. The van der Waals surface area contributed by atoms with Crippen molar-refractivity contribution in [2.24, 2.45) is 0 Å². The summed E-state index contributed by atoms with van der Waals surface area (Å²) in [6.45, 7) is 17.6. The van der Waals surface area contributed by atoms with Gasteiger partial charge in [-0.05, 0) is 34.8 Å². The molecule has 0 radical (unpaired) electrons. The molecular weight excluding hydrogens is 398 g/mol. The van der Waals surface area contributed by atoms with Gasteiger partial charge >= 0.3 is 0 Å². The molecule has 0 unspecified atom stereocenters. The third-order valence-electron chi connectivity index (χ3n) is 7.42. The Kier molecular flexibility index (Phi) is 13.3. The van der Waals surface area contributed by atoms with E-state index in [-0.39, 0.29) is 10.8 Å². The van der Waals surface area contributed by atoms with Crippen molar-refractivity contribution in [3.8, 4) is 0 Å². The van der Waals surface area contributed by atoms with Crippen molar-refractivity contribution in [2.75, 3.05) is 20.6 Å². The molecule has 0 spiro atoms. The van der Waals surface area contributed by atoms with E-state index in [9.17, 15) is 0 Å². The highest BCUT2D eigenvalue weighted by molar-refractivity contribution is 5.51. The standard InChI is InChI=1S/C32H60N/c1-10-11-12-13-14-15-16-17-18-19-20-21-22-23-24-33(8,9)30-26-28(31(2,3)4)25-29(27-30)32(5,6)7/h25-27H,10-24H2,1-9H3/q+1. The van der Waals surface area contributed by atoms with Crippen molar-refractivity contribution in [1.29, 1.82) is 0 Å². The summed E-state index contributed by atoms with van der Waals surface area (Å²) in [5.74, 6) is 0. The van der Waals surface area contributed by atoms with Gasteiger partial charge in [0.1, 0.15) is 5.69 Å². The summed E-state index contributed by atoms with van der Waals surface area (Å²) >= 11 is 0. The second kappa shape index (κ2) is 14.6. The van der Waals surface area contributed by atoms with Crippen molar-refractivity contribution >= 4 is 5.69 Å². The summed E-state index contributed by atoms with van der Waals surface area (Å²) in [5, 5.41) is 0. The predicted octanol–water partition coefficient (Wildman–Crippen LogP) is 10.3. The van der Waals surface area contributed by atoms with Gasteiger partial charge in [0.2, 0.25) is 0 Å². The van der Waals surface area contributed by atoms with E-state index in [1.165, 1.54) is 113 Å². The van der Waals surface area contributed by atoms with Gasteiger partial charge in [-0.15, -0.1) is 0 Å². The smallest absolute Gasteiger partial charge is 0.133 e. The van der Waals surface area contributed by atoms with Crippen molar-refractivity contribution in [3.63, 3.8) is 0 Å². The lowest BCUT2D eigenvalue weighted by atomic mass is 9.80. The molecular formula is C32H60N+. The Bertz CT molecular complexity index is 609. The van der Waals surface area contributed by atoms with E-state index in [0.29, 0.717) is 0 Å². The van der Waals surface area contributed by atoms with Crippen LogP contribution >= 0.6 is 0 Å². The third kappa shape index (κ3) is 12.4. The Labute approximate surface area is 209 Å². The maximum Gasteiger partial charge on any atom is 0.133 e. The van der Waals surface area contributed by atoms with Crippen LogP contribution in [0.4, 0.5) is 5.69 Å². The van der Waals surface area contributed by atoms with Crippen LogP contribution in [0.2, 0.25) is 0 Å². The van der Waals surface area contributed by atoms with Crippen molar-refractivity contribution < 1.29 is 0 Å². The SMILES string of the molecule is CCCCCCCCCCCCCCCC[N+](C)(C)c1cc(C(C)(C)C)cc(C(C)(C)C)c1. The zero-order chi connectivity index (χ0) is 25.0. The molecule has 0 aliphatic heterocycles. The molecule has 0 saturated carbocycles. The van der Waals surface area contributed by atoms with E-state index in [1.807, 2.05) is 0 Å². The minimum absolute atomic E-state index is 0.186. The minimum Gasteiger partial charge on any atom is -0.296 e. The van der Waals surface area contributed by atoms with Crippen LogP contribution in [0.15, 0.2) is 18.2 Å². The minimum atomic E-state index is 0.186. The van der Waals surface area contributed by atoms with Gasteiger partial charge in [0.05, 0.1) is 20.6 Å². The molecule has 0 atom stereocenters. The van der Waals surface area contributed by atoms with Gasteiger partial charge < -0.3 is 0 Å². The molecule has 0 fully saturated rings. The fraction of sp³-hybridized carbons (Fsp3) is 0.812. The van der Waals surface area contributed by atoms with Gasteiger partial charge in [-0.3, -0.25) is 4.48 Å². The lowest BCUT2D eigenvalue weighted by Crippen LogP contribution is -2.41. The van der Waals surface area contributed by atoms with Crippen molar-refractivity contribution in [2.45, 2.75) is 149 Å². The number of hydrogen-bond acceptors (Lipinski definition) is 0. The summed E-state index contributed by atoms with van der Waals surface area (Å²) < 4.78 is 0.991. The van der Waals surface area contributed by atoms with Crippen LogP contribution in [0.1, 0.15) is 149 Å². The van der Waals surface area contributed by atoms with E-state index < -0.39 is 0 Å². The van der Waals surface area contributed by atoms with Crippen LogP contribution in [0.5, 0.6) is 0 Å². The van der Waals surface area contributed by atoms with Crippen molar-refractivity contribution in [1.82, 2.24) is 4.48 Å². The average Bonchev–Trinajstić information content (AvgIpc) is 2.72. The van der Waals surface area contributed by atoms with E-state index in [0.717, 1.165) is 4.48 Å². The van der Waals surface area contributed by atoms with Crippen LogP contribution in [0.3, 0.4) is 0 Å². The predicted molar refractivity (Wildman–Crippen MR) is 153 cm³/mol. The van der Waals surface area contributed by atoms with E-state index >= 15 is 0 Å². The number of unbranched alkanes of at least 4 members (excludes halogenated alkanes) is 13. The maximum absolute atomic E-state index is 2.47. The molecule has 0 bridgehead atoms. The summed E-state index contributed by atoms with van der Waals surface area (Å²) in [6, 6.07) is 7.38. The normalized spacial score (nSPS) is 13.0. The number of rotatable bonds is 16. The topological polar surface area (TPSA) is 0 Å². The van der Waals surface area contributed by atoms with Gasteiger partial charge in [-0.25, -0.2) is 0 Å². The summed E-state index contributed by atoms with van der Waals surface area (Å²) in [6.07, 6.45) is 20.0. The Morgan fingerprint density at radius 1 is 0.515 bits per heavy atom. The van der Waals surface area contributed by atoms with E-state index in [4.69, 9.17) is 0 Å². The number of benzene rings is 1. The molecule has 1 aromatic rings. The van der Waals surface area contributed by atoms with Crippen LogP contribution in [0, 0.1) is 0 Å². The van der Waals surface area contributed by atoms with Crippen LogP contribution in [-0.4, -0.2) is 20.6 Å². The van der Waals surface area contributed by atoms with Crippen LogP contribution in [0.25, 0.3) is 0 Å². The number of hydrogen-bond donors (Lipinski definition) is 0. The van der Waals surface area contributed by atoms with E-state index in [1.54, 1.807) is 0 Å². The quantitative estimate of drug-likeness (QED) is 0.171. The summed E-state index contributed by atoms with van der Waals surface area (Å²) in [4.78, 5) is 0. The fourth-order valence-electron chi connectivity index (χ4n) is 4.66. The first-order valence-electron chi connectivity index (χ1n) is 14.4. The number of quaternary nitrogens is 1. The van der Waals surface area contributed by atoms with Gasteiger partial charge in [-0.2, -0.15) is 0 Å². The second-order valence-corrected chi connectivity index (χ2v) is 13.3. The van der Waals surface area contributed by atoms with E-state index in [2.05, 4.69) is 80.8 Å². The molecule has 192 valence electrons. The monoisotopic (exact) mass is 458 g/mol. The van der Waals surface area contributed by atoms with Gasteiger partial charge in [0, 0.05) is 12.1 Å². The Balaban J connectivity index is 2.35. The molecule has 33 heavy (non-hydrogen) atoms. The largest absolute Gasteiger partial charge is 0.296 e. The Morgan fingerprint density at radius 3 is 1.18 bits per heavy atom. The van der Waals surface area contributed by atoms with Crippen LogP contribution in [-0.2, 0) is 10.8 Å². The third-order valence-corrected chi connectivity index (χ3v) is 7.42. The molecule has 0 heterocycles. The zero-order valence-electron chi connectivity index (χ0n) is 24.3. The van der Waals surface area contributed by atoms with Gasteiger partial charge in [0.15, 0.2) is 0 Å². The van der Waals surface area contributed by atoms with Crippen LogP contribution < -0.4 is 4.48 Å². The molecule has 0 amide bonds. The Hall–Kier alpha value is -0.820. The Morgan fingerprint density at radius 2 is 0.848 bits per heavy atom. The number of nitrogens with zero attached hydrogens (tertiary/aromatic N) is 1. The lowest BCUT2D eigenvalue weighted by molar-refractivity contribution is 0.379. The first kappa shape index (κ1) is 30.2. The average molecular weight is 459 g/mol. The summed E-state index contributed by atoms with van der Waals surface area (Å²) in [5.41, 5.74) is 4.78. The van der Waals surface area contributed by atoms with Gasteiger partial charge in [0.25, 0.3) is 0 Å². The molecule has 1 aromatic carbocycles. The zero-order valence-corrected chi connectivity index (χ0v) is 24.3. The molecule has 0 saturated heterocycles. The first-order valence-corrected chi connectivity index (χ1v) is 14.4. The molecule has 0 N–H and O–H groups in total.